The van der Waals surface area contributed by atoms with E-state index in [2.05, 4.69) is 0 Å². The van der Waals surface area contributed by atoms with Gasteiger partial charge in [-0.05, 0) is 36.5 Å². The maximum absolute atomic E-state index is 12.8. The van der Waals surface area contributed by atoms with E-state index in [1.807, 2.05) is 6.07 Å². The molecule has 0 aromatic heterocycles. The Morgan fingerprint density at radius 3 is 2.62 bits per heavy atom. The third-order valence-corrected chi connectivity index (χ3v) is 2.36. The van der Waals surface area contributed by atoms with Crippen molar-refractivity contribution < 1.29 is 4.39 Å². The van der Waals surface area contributed by atoms with Crippen molar-refractivity contribution in [1.29, 1.82) is 0 Å². The minimum absolute atomic E-state index is 0. The van der Waals surface area contributed by atoms with Crippen LogP contribution in [0.5, 0.6) is 0 Å². The van der Waals surface area contributed by atoms with Gasteiger partial charge in [-0.15, -0.1) is 12.4 Å². The van der Waals surface area contributed by atoms with Crippen LogP contribution in [0.3, 0.4) is 0 Å². The highest BCUT2D eigenvalue weighted by Crippen LogP contribution is 2.39. The summed E-state index contributed by atoms with van der Waals surface area (Å²) in [5.74, 6) is 0.399. The molecule has 1 nitrogen and oxygen atoms in total. The summed E-state index contributed by atoms with van der Waals surface area (Å²) in [6.45, 7) is 0. The second-order valence-electron chi connectivity index (χ2n) is 3.42. The van der Waals surface area contributed by atoms with Gasteiger partial charge >= 0.3 is 0 Å². The standard InChI is InChI=1S/C10H12FN.ClH/c11-9-3-1-2-8(6-9)10(12)7-4-5-7;/h1-3,6-7,10H,4-5,12H2;1H/t10-;/m0./s1. The number of nitrogens with two attached hydrogens (primary N) is 1. The lowest BCUT2D eigenvalue weighted by molar-refractivity contribution is 0.602. The predicted molar refractivity (Wildman–Crippen MR) is 53.3 cm³/mol. The van der Waals surface area contributed by atoms with E-state index in [9.17, 15) is 4.39 Å². The average Bonchev–Trinajstić information content (AvgIpc) is 2.85. The normalized spacial score (nSPS) is 17.7. The molecule has 1 aromatic rings. The van der Waals surface area contributed by atoms with Crippen molar-refractivity contribution in [3.8, 4) is 0 Å². The Balaban J connectivity index is 0.000000845. The number of hydrogen-bond acceptors (Lipinski definition) is 1. The first kappa shape index (κ1) is 10.5. The lowest BCUT2D eigenvalue weighted by Crippen LogP contribution is -2.12. The first-order chi connectivity index (χ1) is 5.77. The lowest BCUT2D eigenvalue weighted by atomic mass is 10.0. The van der Waals surface area contributed by atoms with Crippen LogP contribution in [0, 0.1) is 11.7 Å². The monoisotopic (exact) mass is 201 g/mol. The fourth-order valence-electron chi connectivity index (χ4n) is 1.44. The minimum atomic E-state index is -0.191. The van der Waals surface area contributed by atoms with Crippen LogP contribution in [0.2, 0.25) is 0 Å². The van der Waals surface area contributed by atoms with Crippen LogP contribution in [0.25, 0.3) is 0 Å². The van der Waals surface area contributed by atoms with Gasteiger partial charge in [0.25, 0.3) is 0 Å². The molecule has 1 aromatic carbocycles. The molecule has 1 aliphatic rings. The van der Waals surface area contributed by atoms with Crippen molar-refractivity contribution in [2.75, 3.05) is 0 Å². The van der Waals surface area contributed by atoms with E-state index in [4.69, 9.17) is 5.73 Å². The Morgan fingerprint density at radius 2 is 2.08 bits per heavy atom. The van der Waals surface area contributed by atoms with Gasteiger partial charge in [0.2, 0.25) is 0 Å². The molecular formula is C10H13ClFN. The van der Waals surface area contributed by atoms with Crippen LogP contribution >= 0.6 is 12.4 Å². The first-order valence-corrected chi connectivity index (χ1v) is 4.28. The number of benzene rings is 1. The Hall–Kier alpha value is -0.600. The summed E-state index contributed by atoms with van der Waals surface area (Å²) in [6, 6.07) is 6.63. The van der Waals surface area contributed by atoms with Crippen LogP contribution in [0.15, 0.2) is 24.3 Å². The molecule has 1 saturated carbocycles. The Kier molecular flexibility index (Phi) is 3.28. The van der Waals surface area contributed by atoms with Crippen LogP contribution in [0.1, 0.15) is 24.4 Å². The summed E-state index contributed by atoms with van der Waals surface area (Å²) in [6.07, 6.45) is 2.38. The third kappa shape index (κ3) is 2.42. The fraction of sp³-hybridized carbons (Fsp3) is 0.400. The van der Waals surface area contributed by atoms with Gasteiger partial charge in [-0.3, -0.25) is 0 Å². The summed E-state index contributed by atoms with van der Waals surface area (Å²) in [5, 5.41) is 0. The van der Waals surface area contributed by atoms with Crippen LogP contribution in [0.4, 0.5) is 4.39 Å². The molecule has 0 bridgehead atoms. The van der Waals surface area contributed by atoms with Crippen molar-refractivity contribution in [3.63, 3.8) is 0 Å². The number of halogens is 2. The summed E-state index contributed by atoms with van der Waals surface area (Å²) >= 11 is 0. The molecule has 2 N–H and O–H groups in total. The highest BCUT2D eigenvalue weighted by molar-refractivity contribution is 5.85. The molecule has 0 heterocycles. The third-order valence-electron chi connectivity index (χ3n) is 2.36. The maximum Gasteiger partial charge on any atom is 0.123 e. The van der Waals surface area contributed by atoms with Gasteiger partial charge in [0.05, 0.1) is 0 Å². The molecule has 0 unspecified atom stereocenters. The van der Waals surface area contributed by atoms with Gasteiger partial charge in [0, 0.05) is 6.04 Å². The maximum atomic E-state index is 12.8. The Bertz CT molecular complexity index is 286. The molecule has 0 spiro atoms. The fourth-order valence-corrected chi connectivity index (χ4v) is 1.44. The number of rotatable bonds is 2. The van der Waals surface area contributed by atoms with Crippen LogP contribution < -0.4 is 5.73 Å². The molecule has 0 aliphatic heterocycles. The van der Waals surface area contributed by atoms with E-state index in [-0.39, 0.29) is 24.3 Å². The van der Waals surface area contributed by atoms with E-state index in [1.165, 1.54) is 25.0 Å². The molecule has 1 atom stereocenters. The van der Waals surface area contributed by atoms with Gasteiger partial charge in [0.1, 0.15) is 5.82 Å². The van der Waals surface area contributed by atoms with Crippen LogP contribution in [-0.4, -0.2) is 0 Å². The molecular weight excluding hydrogens is 189 g/mol. The van der Waals surface area contributed by atoms with Crippen molar-refractivity contribution >= 4 is 12.4 Å². The minimum Gasteiger partial charge on any atom is -0.324 e. The molecule has 13 heavy (non-hydrogen) atoms. The van der Waals surface area contributed by atoms with Gasteiger partial charge < -0.3 is 5.73 Å². The van der Waals surface area contributed by atoms with E-state index >= 15 is 0 Å². The number of hydrogen-bond donors (Lipinski definition) is 1. The highest BCUT2D eigenvalue weighted by atomic mass is 35.5. The summed E-state index contributed by atoms with van der Waals surface area (Å²) in [7, 11) is 0. The predicted octanol–water partition coefficient (Wildman–Crippen LogP) is 2.66. The van der Waals surface area contributed by atoms with Crippen molar-refractivity contribution in [2.24, 2.45) is 11.7 Å². The quantitative estimate of drug-likeness (QED) is 0.782. The molecule has 2 rings (SSSR count). The van der Waals surface area contributed by atoms with Gasteiger partial charge in [-0.2, -0.15) is 0 Å². The average molecular weight is 202 g/mol. The van der Waals surface area contributed by atoms with E-state index < -0.39 is 0 Å². The lowest BCUT2D eigenvalue weighted by Gasteiger charge is -2.09. The molecule has 0 radical (unpaired) electrons. The second kappa shape index (κ2) is 4.07. The Morgan fingerprint density at radius 1 is 1.38 bits per heavy atom. The summed E-state index contributed by atoms with van der Waals surface area (Å²) < 4.78 is 12.8. The summed E-state index contributed by atoms with van der Waals surface area (Å²) in [5.41, 5.74) is 6.83. The largest absolute Gasteiger partial charge is 0.324 e. The molecule has 1 fully saturated rings. The van der Waals surface area contributed by atoms with Crippen molar-refractivity contribution in [2.45, 2.75) is 18.9 Å². The van der Waals surface area contributed by atoms with Gasteiger partial charge in [0.15, 0.2) is 0 Å². The molecule has 0 saturated heterocycles. The SMILES string of the molecule is Cl.N[C@H](c1cccc(F)c1)C1CC1. The van der Waals surface area contributed by atoms with E-state index in [1.54, 1.807) is 6.07 Å². The zero-order valence-electron chi connectivity index (χ0n) is 7.24. The molecule has 1 aliphatic carbocycles. The van der Waals surface area contributed by atoms with Gasteiger partial charge in [-0.1, -0.05) is 12.1 Å². The topological polar surface area (TPSA) is 26.0 Å². The van der Waals surface area contributed by atoms with Gasteiger partial charge in [-0.25, -0.2) is 4.39 Å². The highest BCUT2D eigenvalue weighted by Gasteiger charge is 2.29. The van der Waals surface area contributed by atoms with Crippen molar-refractivity contribution in [3.05, 3.63) is 35.6 Å². The summed E-state index contributed by atoms with van der Waals surface area (Å²) in [4.78, 5) is 0. The zero-order chi connectivity index (χ0) is 8.55. The van der Waals surface area contributed by atoms with Crippen LogP contribution in [-0.2, 0) is 0 Å². The molecule has 3 heteroatoms. The molecule has 0 amide bonds. The Labute approximate surface area is 83.5 Å². The zero-order valence-corrected chi connectivity index (χ0v) is 8.06. The van der Waals surface area contributed by atoms with E-state index in [0.717, 1.165) is 5.56 Å². The second-order valence-corrected chi connectivity index (χ2v) is 3.42. The smallest absolute Gasteiger partial charge is 0.123 e. The first-order valence-electron chi connectivity index (χ1n) is 4.28. The molecule has 72 valence electrons. The van der Waals surface area contributed by atoms with Crippen molar-refractivity contribution in [1.82, 2.24) is 0 Å². The van der Waals surface area contributed by atoms with E-state index in [0.29, 0.717) is 5.92 Å².